The number of nitrogens with one attached hydrogen (secondary N) is 1. The largest absolute Gasteiger partial charge is 0.484 e. The molecule has 3 N–H and O–H groups in total. The number of fused-ring (bicyclic) bond motifs is 1. The Hall–Kier alpha value is -3.64. The van der Waals surface area contributed by atoms with Crippen molar-refractivity contribution < 1.29 is 14.3 Å². The zero-order valence-corrected chi connectivity index (χ0v) is 16.2. The van der Waals surface area contributed by atoms with E-state index in [1.807, 2.05) is 72.8 Å². The number of hydrogen-bond donors (Lipinski definition) is 2. The highest BCUT2D eigenvalue weighted by atomic mass is 32.1. The van der Waals surface area contributed by atoms with Gasteiger partial charge in [0.25, 0.3) is 11.8 Å². The van der Waals surface area contributed by atoms with Crippen molar-refractivity contribution in [3.05, 3.63) is 84.4 Å². The van der Waals surface area contributed by atoms with E-state index >= 15 is 0 Å². The molecule has 3 aromatic carbocycles. The van der Waals surface area contributed by atoms with Crippen molar-refractivity contribution in [2.45, 2.75) is 0 Å². The molecule has 29 heavy (non-hydrogen) atoms. The van der Waals surface area contributed by atoms with Crippen LogP contribution in [0, 0.1) is 0 Å². The molecule has 0 aliphatic rings. The van der Waals surface area contributed by atoms with Crippen LogP contribution >= 0.6 is 11.3 Å². The third kappa shape index (κ3) is 4.28. The van der Waals surface area contributed by atoms with Crippen LogP contribution in [0.1, 0.15) is 10.4 Å². The molecule has 1 heterocycles. The molecule has 0 fully saturated rings. The van der Waals surface area contributed by atoms with Crippen LogP contribution in [0.3, 0.4) is 0 Å². The van der Waals surface area contributed by atoms with Crippen LogP contribution < -0.4 is 15.8 Å². The van der Waals surface area contributed by atoms with Gasteiger partial charge in [0.1, 0.15) is 10.8 Å². The van der Waals surface area contributed by atoms with Gasteiger partial charge < -0.3 is 15.8 Å². The molecule has 0 radical (unpaired) electrons. The number of amides is 2. The predicted octanol–water partition coefficient (Wildman–Crippen LogP) is 4.68. The summed E-state index contributed by atoms with van der Waals surface area (Å²) in [5.41, 5.74) is 6.72. The van der Waals surface area contributed by atoms with Crippen LogP contribution in [0.2, 0.25) is 0 Å². The minimum Gasteiger partial charge on any atom is -0.484 e. The molecule has 0 atom stereocenters. The van der Waals surface area contributed by atoms with Crippen LogP contribution in [0.4, 0.5) is 5.00 Å². The van der Waals surface area contributed by atoms with E-state index in [2.05, 4.69) is 5.32 Å². The third-order valence-corrected chi connectivity index (χ3v) is 5.50. The molecule has 4 rings (SSSR count). The maximum Gasteiger partial charge on any atom is 0.262 e. The summed E-state index contributed by atoms with van der Waals surface area (Å²) < 4.78 is 5.62. The molecule has 4 aromatic rings. The molecule has 0 saturated heterocycles. The van der Waals surface area contributed by atoms with Gasteiger partial charge in [-0.1, -0.05) is 60.7 Å². The fraction of sp³-hybridized carbons (Fsp3) is 0.0435. The molecule has 0 unspecified atom stereocenters. The monoisotopic (exact) mass is 402 g/mol. The lowest BCUT2D eigenvalue weighted by molar-refractivity contribution is -0.118. The molecule has 144 valence electrons. The Bertz CT molecular complexity index is 1190. The minimum atomic E-state index is -0.589. The number of ether oxygens (including phenoxy) is 1. The lowest BCUT2D eigenvalue weighted by Gasteiger charge is -2.08. The van der Waals surface area contributed by atoms with Crippen molar-refractivity contribution in [1.82, 2.24) is 0 Å². The molecule has 1 aromatic heterocycles. The topological polar surface area (TPSA) is 81.4 Å². The van der Waals surface area contributed by atoms with E-state index in [-0.39, 0.29) is 18.1 Å². The molecule has 0 spiro atoms. The van der Waals surface area contributed by atoms with Crippen LogP contribution in [0.15, 0.2) is 78.9 Å². The standard InChI is InChI=1S/C23H18N2O3S/c24-22(27)19-13-20(16-7-2-1-3-8-16)29-23(19)25-21(26)14-28-18-11-10-15-6-4-5-9-17(15)12-18/h1-13H,14H2,(H2,24,27)(H,25,26). The summed E-state index contributed by atoms with van der Waals surface area (Å²) in [6.45, 7) is -0.172. The molecule has 0 saturated carbocycles. The molecular weight excluding hydrogens is 384 g/mol. The molecule has 6 heteroatoms. The number of benzene rings is 3. The van der Waals surface area contributed by atoms with E-state index in [9.17, 15) is 9.59 Å². The molecule has 0 aliphatic carbocycles. The van der Waals surface area contributed by atoms with Gasteiger partial charge in [0, 0.05) is 4.88 Å². The normalized spacial score (nSPS) is 10.6. The Kier molecular flexibility index (Phi) is 5.27. The number of carbonyl (C=O) groups excluding carboxylic acids is 2. The minimum absolute atomic E-state index is 0.172. The fourth-order valence-corrected chi connectivity index (χ4v) is 4.07. The Morgan fingerprint density at radius 3 is 2.38 bits per heavy atom. The zero-order chi connectivity index (χ0) is 20.2. The van der Waals surface area contributed by atoms with Crippen molar-refractivity contribution in [2.24, 2.45) is 5.73 Å². The summed E-state index contributed by atoms with van der Waals surface area (Å²) in [5, 5.41) is 5.30. The van der Waals surface area contributed by atoms with Crippen LogP contribution in [0.5, 0.6) is 5.75 Å². The van der Waals surface area contributed by atoms with Crippen molar-refractivity contribution in [2.75, 3.05) is 11.9 Å². The number of rotatable bonds is 6. The predicted molar refractivity (Wildman–Crippen MR) is 116 cm³/mol. The second kappa shape index (κ2) is 8.16. The number of primary amides is 1. The van der Waals surface area contributed by atoms with E-state index in [1.54, 1.807) is 6.07 Å². The lowest BCUT2D eigenvalue weighted by Crippen LogP contribution is -2.21. The molecule has 2 amide bonds. The second-order valence-corrected chi connectivity index (χ2v) is 7.48. The van der Waals surface area contributed by atoms with Gasteiger partial charge in [-0.25, -0.2) is 0 Å². The highest BCUT2D eigenvalue weighted by Gasteiger charge is 2.17. The number of thiophene rings is 1. The second-order valence-electron chi connectivity index (χ2n) is 6.43. The Balaban J connectivity index is 1.47. The first-order valence-corrected chi connectivity index (χ1v) is 9.82. The highest BCUT2D eigenvalue weighted by molar-refractivity contribution is 7.20. The van der Waals surface area contributed by atoms with E-state index in [1.165, 1.54) is 11.3 Å². The van der Waals surface area contributed by atoms with Crippen molar-refractivity contribution in [3.8, 4) is 16.2 Å². The Labute approximate surface area is 171 Å². The van der Waals surface area contributed by atoms with Crippen LogP contribution in [0.25, 0.3) is 21.2 Å². The molecule has 5 nitrogen and oxygen atoms in total. The number of nitrogens with two attached hydrogens (primary N) is 1. The smallest absolute Gasteiger partial charge is 0.262 e. The third-order valence-electron chi connectivity index (χ3n) is 4.40. The van der Waals surface area contributed by atoms with E-state index in [0.29, 0.717) is 10.8 Å². The van der Waals surface area contributed by atoms with E-state index < -0.39 is 5.91 Å². The molecular formula is C23H18N2O3S. The average molecular weight is 402 g/mol. The summed E-state index contributed by atoms with van der Waals surface area (Å²) >= 11 is 1.30. The van der Waals surface area contributed by atoms with Gasteiger partial charge in [0.2, 0.25) is 0 Å². The first kappa shape index (κ1) is 18.7. The van der Waals surface area contributed by atoms with Crippen LogP contribution in [-0.4, -0.2) is 18.4 Å². The van der Waals surface area contributed by atoms with E-state index in [4.69, 9.17) is 10.5 Å². The van der Waals surface area contributed by atoms with Crippen molar-refractivity contribution in [1.29, 1.82) is 0 Å². The SMILES string of the molecule is NC(=O)c1cc(-c2ccccc2)sc1NC(=O)COc1ccc2ccccc2c1. The number of hydrogen-bond acceptors (Lipinski definition) is 4. The van der Waals surface area contributed by atoms with Gasteiger partial charge in [-0.15, -0.1) is 11.3 Å². The number of anilines is 1. The molecule has 0 bridgehead atoms. The lowest BCUT2D eigenvalue weighted by atomic mass is 10.1. The summed E-state index contributed by atoms with van der Waals surface area (Å²) in [5.74, 6) is -0.346. The zero-order valence-electron chi connectivity index (χ0n) is 15.4. The Morgan fingerprint density at radius 1 is 0.897 bits per heavy atom. The first-order chi connectivity index (χ1) is 14.1. The van der Waals surface area contributed by atoms with Gasteiger partial charge >= 0.3 is 0 Å². The van der Waals surface area contributed by atoms with Crippen LogP contribution in [-0.2, 0) is 4.79 Å². The quantitative estimate of drug-likeness (QED) is 0.491. The number of carbonyl (C=O) groups is 2. The summed E-state index contributed by atoms with van der Waals surface area (Å²) in [4.78, 5) is 25.0. The fourth-order valence-electron chi connectivity index (χ4n) is 2.98. The van der Waals surface area contributed by atoms with Crippen molar-refractivity contribution >= 4 is 38.9 Å². The average Bonchev–Trinajstić information content (AvgIpc) is 3.17. The maximum absolute atomic E-state index is 12.4. The summed E-state index contributed by atoms with van der Waals surface area (Å²) in [7, 11) is 0. The first-order valence-electron chi connectivity index (χ1n) is 9.00. The van der Waals surface area contributed by atoms with Gasteiger partial charge in [0.15, 0.2) is 6.61 Å². The summed E-state index contributed by atoms with van der Waals surface area (Å²) in [6, 6.07) is 24.9. The van der Waals surface area contributed by atoms with Gasteiger partial charge in [-0.05, 0) is 34.5 Å². The maximum atomic E-state index is 12.4. The van der Waals surface area contributed by atoms with Crippen molar-refractivity contribution in [3.63, 3.8) is 0 Å². The van der Waals surface area contributed by atoms with Gasteiger partial charge in [-0.3, -0.25) is 9.59 Å². The van der Waals surface area contributed by atoms with E-state index in [0.717, 1.165) is 21.2 Å². The Morgan fingerprint density at radius 2 is 1.62 bits per heavy atom. The highest BCUT2D eigenvalue weighted by Crippen LogP contribution is 2.35. The van der Waals surface area contributed by atoms with Gasteiger partial charge in [-0.2, -0.15) is 0 Å². The van der Waals surface area contributed by atoms with Gasteiger partial charge in [0.05, 0.1) is 5.56 Å². The molecule has 0 aliphatic heterocycles. The summed E-state index contributed by atoms with van der Waals surface area (Å²) in [6.07, 6.45) is 0.